The number of nitrogens with two attached hydrogens (primary N) is 1. The van der Waals surface area contributed by atoms with Gasteiger partial charge in [-0.05, 0) is 6.07 Å². The van der Waals surface area contributed by atoms with E-state index in [0.29, 0.717) is 5.88 Å². The SMILES string of the molecule is Nc1cc(-c2cccc3cc[nH]c23)no1. The van der Waals surface area contributed by atoms with Crippen molar-refractivity contribution in [1.82, 2.24) is 10.1 Å². The molecule has 4 heteroatoms. The molecule has 0 bridgehead atoms. The number of benzene rings is 1. The van der Waals surface area contributed by atoms with Gasteiger partial charge < -0.3 is 15.2 Å². The Kier molecular flexibility index (Phi) is 1.56. The Hall–Kier alpha value is -2.23. The largest absolute Gasteiger partial charge is 0.368 e. The van der Waals surface area contributed by atoms with Crippen molar-refractivity contribution >= 4 is 16.8 Å². The van der Waals surface area contributed by atoms with E-state index in [1.54, 1.807) is 6.07 Å². The van der Waals surface area contributed by atoms with Gasteiger partial charge in [-0.1, -0.05) is 23.4 Å². The fourth-order valence-electron chi connectivity index (χ4n) is 1.71. The summed E-state index contributed by atoms with van der Waals surface area (Å²) < 4.78 is 4.86. The summed E-state index contributed by atoms with van der Waals surface area (Å²) in [5.41, 5.74) is 8.29. The average Bonchev–Trinajstić information content (AvgIpc) is 2.84. The molecule has 0 fully saturated rings. The molecular weight excluding hydrogens is 190 g/mol. The second-order valence-electron chi connectivity index (χ2n) is 3.36. The Bertz CT molecular complexity index is 609. The highest BCUT2D eigenvalue weighted by atomic mass is 16.5. The van der Waals surface area contributed by atoms with Gasteiger partial charge in [0.1, 0.15) is 5.69 Å². The van der Waals surface area contributed by atoms with Crippen LogP contribution in [0.5, 0.6) is 0 Å². The van der Waals surface area contributed by atoms with Gasteiger partial charge >= 0.3 is 0 Å². The fraction of sp³-hybridized carbons (Fsp3) is 0. The number of nitrogens with zero attached hydrogens (tertiary/aromatic N) is 1. The molecule has 4 nitrogen and oxygen atoms in total. The number of anilines is 1. The van der Waals surface area contributed by atoms with E-state index < -0.39 is 0 Å². The molecule has 15 heavy (non-hydrogen) atoms. The Morgan fingerprint density at radius 2 is 2.20 bits per heavy atom. The van der Waals surface area contributed by atoms with E-state index in [1.165, 1.54) is 0 Å². The predicted molar refractivity (Wildman–Crippen MR) is 58.2 cm³/mol. The van der Waals surface area contributed by atoms with Crippen LogP contribution in [0.1, 0.15) is 0 Å². The average molecular weight is 199 g/mol. The van der Waals surface area contributed by atoms with E-state index in [-0.39, 0.29) is 0 Å². The number of aromatic nitrogens is 2. The molecule has 0 atom stereocenters. The van der Waals surface area contributed by atoms with Gasteiger partial charge in [0.2, 0.25) is 5.88 Å². The number of hydrogen-bond donors (Lipinski definition) is 2. The van der Waals surface area contributed by atoms with E-state index >= 15 is 0 Å². The molecule has 2 aromatic heterocycles. The number of nitrogen functional groups attached to an aromatic ring is 1. The molecule has 0 aliphatic rings. The van der Waals surface area contributed by atoms with Gasteiger partial charge in [-0.15, -0.1) is 0 Å². The minimum absolute atomic E-state index is 0.327. The highest BCUT2D eigenvalue weighted by Crippen LogP contribution is 2.27. The summed E-state index contributed by atoms with van der Waals surface area (Å²) >= 11 is 0. The third kappa shape index (κ3) is 1.19. The van der Waals surface area contributed by atoms with Crippen LogP contribution in [0.3, 0.4) is 0 Å². The molecule has 3 aromatic rings. The molecule has 3 rings (SSSR count). The maximum absolute atomic E-state index is 5.50. The lowest BCUT2D eigenvalue weighted by molar-refractivity contribution is 0.439. The van der Waals surface area contributed by atoms with Crippen LogP contribution in [0.25, 0.3) is 22.2 Å². The summed E-state index contributed by atoms with van der Waals surface area (Å²) in [6, 6.07) is 9.74. The van der Waals surface area contributed by atoms with Gasteiger partial charge in [-0.2, -0.15) is 0 Å². The molecule has 0 saturated carbocycles. The topological polar surface area (TPSA) is 67.8 Å². The fourth-order valence-corrected chi connectivity index (χ4v) is 1.71. The van der Waals surface area contributed by atoms with Crippen molar-refractivity contribution in [2.45, 2.75) is 0 Å². The number of nitrogens with one attached hydrogen (secondary N) is 1. The number of fused-ring (bicyclic) bond motifs is 1. The number of hydrogen-bond acceptors (Lipinski definition) is 3. The Morgan fingerprint density at radius 1 is 1.27 bits per heavy atom. The maximum atomic E-state index is 5.50. The third-order valence-corrected chi connectivity index (χ3v) is 2.39. The van der Waals surface area contributed by atoms with Crippen LogP contribution in [0, 0.1) is 0 Å². The van der Waals surface area contributed by atoms with Crippen LogP contribution >= 0.6 is 0 Å². The molecule has 2 heterocycles. The number of para-hydroxylation sites is 1. The van der Waals surface area contributed by atoms with E-state index in [9.17, 15) is 0 Å². The van der Waals surface area contributed by atoms with Crippen LogP contribution in [-0.2, 0) is 0 Å². The highest BCUT2D eigenvalue weighted by Gasteiger charge is 2.08. The van der Waals surface area contributed by atoms with Crippen molar-refractivity contribution in [3.05, 3.63) is 36.5 Å². The first-order chi connectivity index (χ1) is 7.34. The Balaban J connectivity index is 2.30. The first-order valence-corrected chi connectivity index (χ1v) is 4.63. The minimum Gasteiger partial charge on any atom is -0.368 e. The van der Waals surface area contributed by atoms with Gasteiger partial charge in [0.15, 0.2) is 0 Å². The number of H-pyrrole nitrogens is 1. The Morgan fingerprint density at radius 3 is 3.00 bits per heavy atom. The van der Waals surface area contributed by atoms with E-state index in [4.69, 9.17) is 10.3 Å². The van der Waals surface area contributed by atoms with Gasteiger partial charge in [-0.25, -0.2) is 0 Å². The quantitative estimate of drug-likeness (QED) is 0.632. The van der Waals surface area contributed by atoms with Gasteiger partial charge in [-0.3, -0.25) is 0 Å². The second-order valence-corrected chi connectivity index (χ2v) is 3.36. The molecule has 0 amide bonds. The summed E-state index contributed by atoms with van der Waals surface area (Å²) in [5.74, 6) is 0.327. The summed E-state index contributed by atoms with van der Waals surface area (Å²) in [4.78, 5) is 3.17. The number of aromatic amines is 1. The van der Waals surface area contributed by atoms with Crippen LogP contribution in [0.15, 0.2) is 41.1 Å². The molecule has 74 valence electrons. The predicted octanol–water partition coefficient (Wildman–Crippen LogP) is 2.41. The molecule has 0 unspecified atom stereocenters. The standard InChI is InChI=1S/C11H9N3O/c12-10-6-9(14-15-10)8-3-1-2-7-4-5-13-11(7)8/h1-6,13H,12H2. The first-order valence-electron chi connectivity index (χ1n) is 4.63. The minimum atomic E-state index is 0.327. The van der Waals surface area contributed by atoms with Crippen molar-refractivity contribution < 1.29 is 4.52 Å². The lowest BCUT2D eigenvalue weighted by atomic mass is 10.1. The zero-order valence-corrected chi connectivity index (χ0v) is 7.90. The molecule has 3 N–H and O–H groups in total. The van der Waals surface area contributed by atoms with E-state index in [0.717, 1.165) is 22.2 Å². The lowest BCUT2D eigenvalue weighted by Gasteiger charge is -1.97. The maximum Gasteiger partial charge on any atom is 0.222 e. The van der Waals surface area contributed by atoms with Gasteiger partial charge in [0.05, 0.1) is 5.52 Å². The Labute approximate surface area is 85.7 Å². The summed E-state index contributed by atoms with van der Waals surface area (Å²) in [6.45, 7) is 0. The van der Waals surface area contributed by atoms with Crippen molar-refractivity contribution in [3.8, 4) is 11.3 Å². The summed E-state index contributed by atoms with van der Waals surface area (Å²) in [5, 5.41) is 5.04. The molecule has 1 aromatic carbocycles. The third-order valence-electron chi connectivity index (χ3n) is 2.39. The zero-order chi connectivity index (χ0) is 10.3. The molecule has 0 aliphatic heterocycles. The zero-order valence-electron chi connectivity index (χ0n) is 7.90. The summed E-state index contributed by atoms with van der Waals surface area (Å²) in [6.07, 6.45) is 1.90. The highest BCUT2D eigenvalue weighted by molar-refractivity contribution is 5.93. The van der Waals surface area contributed by atoms with Crippen molar-refractivity contribution in [1.29, 1.82) is 0 Å². The molecule has 0 aliphatic carbocycles. The molecule has 0 spiro atoms. The van der Waals surface area contributed by atoms with Crippen molar-refractivity contribution in [3.63, 3.8) is 0 Å². The normalized spacial score (nSPS) is 10.9. The molecule has 0 radical (unpaired) electrons. The van der Waals surface area contributed by atoms with Gasteiger partial charge in [0.25, 0.3) is 0 Å². The first kappa shape index (κ1) is 8.11. The van der Waals surface area contributed by atoms with Crippen LogP contribution in [0.4, 0.5) is 5.88 Å². The van der Waals surface area contributed by atoms with Crippen LogP contribution in [0.2, 0.25) is 0 Å². The number of rotatable bonds is 1. The second kappa shape index (κ2) is 2.88. The summed E-state index contributed by atoms with van der Waals surface area (Å²) in [7, 11) is 0. The van der Waals surface area contributed by atoms with E-state index in [1.807, 2.05) is 30.5 Å². The van der Waals surface area contributed by atoms with E-state index in [2.05, 4.69) is 10.1 Å². The van der Waals surface area contributed by atoms with Crippen molar-refractivity contribution in [2.75, 3.05) is 5.73 Å². The molecule has 0 saturated heterocycles. The van der Waals surface area contributed by atoms with Crippen molar-refractivity contribution in [2.24, 2.45) is 0 Å². The van der Waals surface area contributed by atoms with Gasteiger partial charge in [0, 0.05) is 23.2 Å². The smallest absolute Gasteiger partial charge is 0.222 e. The van der Waals surface area contributed by atoms with Crippen LogP contribution < -0.4 is 5.73 Å². The van der Waals surface area contributed by atoms with Crippen LogP contribution in [-0.4, -0.2) is 10.1 Å². The monoisotopic (exact) mass is 199 g/mol. The lowest BCUT2D eigenvalue weighted by Crippen LogP contribution is -1.79. The molecular formula is C11H9N3O.